The van der Waals surface area contributed by atoms with Crippen LogP contribution in [0.2, 0.25) is 0 Å². The van der Waals surface area contributed by atoms with Gasteiger partial charge in [-0.05, 0) is 60.6 Å². The van der Waals surface area contributed by atoms with E-state index in [2.05, 4.69) is 4.72 Å². The molecule has 0 radical (unpaired) electrons. The summed E-state index contributed by atoms with van der Waals surface area (Å²) < 4.78 is 26.8. The van der Waals surface area contributed by atoms with Crippen LogP contribution in [0.15, 0.2) is 23.1 Å². The summed E-state index contributed by atoms with van der Waals surface area (Å²) >= 11 is 1.84. The lowest BCUT2D eigenvalue weighted by atomic mass is 10.2. The van der Waals surface area contributed by atoms with Crippen molar-refractivity contribution in [2.45, 2.75) is 30.8 Å². The van der Waals surface area contributed by atoms with Gasteiger partial charge in [-0.25, -0.2) is 17.9 Å². The molecule has 0 bridgehead atoms. The molecule has 1 unspecified atom stereocenters. The molecule has 0 aliphatic carbocycles. The van der Waals surface area contributed by atoms with E-state index in [4.69, 9.17) is 10.2 Å². The lowest BCUT2D eigenvalue weighted by Gasteiger charge is -2.09. The molecule has 3 N–H and O–H groups in total. The van der Waals surface area contributed by atoms with Crippen molar-refractivity contribution in [2.24, 2.45) is 0 Å². The Morgan fingerprint density at radius 2 is 2.10 bits per heavy atom. The second-order valence-electron chi connectivity index (χ2n) is 4.34. The molecule has 0 saturated heterocycles. The van der Waals surface area contributed by atoms with Crippen molar-refractivity contribution in [2.75, 3.05) is 6.54 Å². The first-order valence-corrected chi connectivity index (χ1v) is 8.51. The van der Waals surface area contributed by atoms with Crippen LogP contribution in [-0.2, 0) is 10.0 Å². The highest BCUT2D eigenvalue weighted by molar-refractivity contribution is 14.1. The Kier molecular flexibility index (Phi) is 6.37. The molecule has 0 spiro atoms. The van der Waals surface area contributed by atoms with Crippen LogP contribution in [0.1, 0.15) is 30.1 Å². The summed E-state index contributed by atoms with van der Waals surface area (Å²) in [4.78, 5) is 10.9. The predicted octanol–water partition coefficient (Wildman–Crippen LogP) is 1.43. The zero-order chi connectivity index (χ0) is 15.3. The first kappa shape index (κ1) is 17.3. The highest BCUT2D eigenvalue weighted by atomic mass is 127. The topological polar surface area (TPSA) is 104 Å². The first-order valence-electron chi connectivity index (χ1n) is 5.94. The van der Waals surface area contributed by atoms with Crippen LogP contribution in [0.4, 0.5) is 0 Å². The van der Waals surface area contributed by atoms with Gasteiger partial charge in [-0.15, -0.1) is 0 Å². The Labute approximate surface area is 131 Å². The summed E-state index contributed by atoms with van der Waals surface area (Å²) in [6.07, 6.45) is 0.527. The number of carboxylic acids is 1. The van der Waals surface area contributed by atoms with Gasteiger partial charge in [0, 0.05) is 10.1 Å². The van der Waals surface area contributed by atoms with Crippen LogP contribution < -0.4 is 4.72 Å². The molecule has 0 saturated carbocycles. The van der Waals surface area contributed by atoms with E-state index in [9.17, 15) is 13.2 Å². The van der Waals surface area contributed by atoms with Crippen molar-refractivity contribution in [3.05, 3.63) is 27.3 Å². The van der Waals surface area contributed by atoms with Crippen LogP contribution in [0, 0.1) is 3.57 Å². The summed E-state index contributed by atoms with van der Waals surface area (Å²) in [6.45, 7) is 1.83. The van der Waals surface area contributed by atoms with Gasteiger partial charge in [-0.3, -0.25) is 0 Å². The number of aromatic carboxylic acids is 1. The summed E-state index contributed by atoms with van der Waals surface area (Å²) in [5.41, 5.74) is -0.0440. The Morgan fingerprint density at radius 1 is 1.45 bits per heavy atom. The maximum absolute atomic E-state index is 12.0. The standard InChI is InChI=1S/C12H16INO5S/c1-8(15)3-2-6-14-20(18,19)9-4-5-11(13)10(7-9)12(16)17/h4-5,7-8,14-15H,2-3,6H2,1H3,(H,16,17). The maximum Gasteiger partial charge on any atom is 0.336 e. The smallest absolute Gasteiger partial charge is 0.336 e. The minimum Gasteiger partial charge on any atom is -0.478 e. The van der Waals surface area contributed by atoms with E-state index in [0.717, 1.165) is 6.07 Å². The molecular weight excluding hydrogens is 397 g/mol. The zero-order valence-corrected chi connectivity index (χ0v) is 13.8. The van der Waals surface area contributed by atoms with Gasteiger partial charge in [0.25, 0.3) is 0 Å². The number of aliphatic hydroxyl groups is 1. The monoisotopic (exact) mass is 413 g/mol. The second kappa shape index (κ2) is 7.34. The quantitative estimate of drug-likeness (QED) is 0.464. The van der Waals surface area contributed by atoms with E-state index in [1.54, 1.807) is 6.92 Å². The van der Waals surface area contributed by atoms with Crippen molar-refractivity contribution in [1.82, 2.24) is 4.72 Å². The molecule has 20 heavy (non-hydrogen) atoms. The third-order valence-electron chi connectivity index (χ3n) is 2.57. The summed E-state index contributed by atoms with van der Waals surface area (Å²) in [7, 11) is -3.73. The third kappa shape index (κ3) is 5.00. The minimum absolute atomic E-state index is 0.0440. The Bertz CT molecular complexity index is 586. The number of carbonyl (C=O) groups is 1. The van der Waals surface area contributed by atoms with Gasteiger partial charge in [0.1, 0.15) is 0 Å². The summed E-state index contributed by atoms with van der Waals surface area (Å²) in [5, 5.41) is 18.1. The molecule has 1 rings (SSSR count). The van der Waals surface area contributed by atoms with Crippen LogP contribution >= 0.6 is 22.6 Å². The zero-order valence-electron chi connectivity index (χ0n) is 10.8. The van der Waals surface area contributed by atoms with E-state index in [0.29, 0.717) is 16.4 Å². The number of rotatable bonds is 7. The number of hydrogen-bond donors (Lipinski definition) is 3. The van der Waals surface area contributed by atoms with E-state index < -0.39 is 22.1 Å². The van der Waals surface area contributed by atoms with E-state index >= 15 is 0 Å². The molecule has 112 valence electrons. The number of benzene rings is 1. The molecule has 0 aliphatic heterocycles. The normalized spacial score (nSPS) is 13.2. The Morgan fingerprint density at radius 3 is 2.65 bits per heavy atom. The molecule has 1 aromatic carbocycles. The Hall–Kier alpha value is -0.710. The highest BCUT2D eigenvalue weighted by Gasteiger charge is 2.17. The fraction of sp³-hybridized carbons (Fsp3) is 0.417. The number of hydrogen-bond acceptors (Lipinski definition) is 4. The fourth-order valence-corrected chi connectivity index (χ4v) is 3.19. The van der Waals surface area contributed by atoms with Crippen LogP contribution in [0.5, 0.6) is 0 Å². The van der Waals surface area contributed by atoms with Crippen LogP contribution in [0.3, 0.4) is 0 Å². The lowest BCUT2D eigenvalue weighted by molar-refractivity contribution is 0.0695. The largest absolute Gasteiger partial charge is 0.478 e. The average molecular weight is 413 g/mol. The molecule has 0 aromatic heterocycles. The van der Waals surface area contributed by atoms with Gasteiger partial charge < -0.3 is 10.2 Å². The molecule has 1 aromatic rings. The molecule has 8 heteroatoms. The predicted molar refractivity (Wildman–Crippen MR) is 82.2 cm³/mol. The average Bonchev–Trinajstić information content (AvgIpc) is 2.34. The van der Waals surface area contributed by atoms with Gasteiger partial charge in [-0.2, -0.15) is 0 Å². The van der Waals surface area contributed by atoms with Crippen molar-refractivity contribution in [3.63, 3.8) is 0 Å². The molecular formula is C12H16INO5S. The molecule has 0 amide bonds. The molecule has 0 aliphatic rings. The SMILES string of the molecule is CC(O)CCCNS(=O)(=O)c1ccc(I)c(C(=O)O)c1. The number of halogens is 1. The lowest BCUT2D eigenvalue weighted by Crippen LogP contribution is -2.25. The third-order valence-corrected chi connectivity index (χ3v) is 4.97. The molecule has 0 heterocycles. The number of aliphatic hydroxyl groups excluding tert-OH is 1. The molecule has 0 fully saturated rings. The van der Waals surface area contributed by atoms with Crippen molar-refractivity contribution in [1.29, 1.82) is 0 Å². The number of nitrogens with one attached hydrogen (secondary N) is 1. The summed E-state index contributed by atoms with van der Waals surface area (Å²) in [6, 6.07) is 3.96. The Balaban J connectivity index is 2.82. The van der Waals surface area contributed by atoms with Crippen molar-refractivity contribution >= 4 is 38.6 Å². The van der Waals surface area contributed by atoms with Crippen LogP contribution in [-0.4, -0.2) is 37.2 Å². The van der Waals surface area contributed by atoms with E-state index in [1.807, 2.05) is 22.6 Å². The van der Waals surface area contributed by atoms with Gasteiger partial charge in [0.15, 0.2) is 0 Å². The fourth-order valence-electron chi connectivity index (χ4n) is 1.52. The highest BCUT2D eigenvalue weighted by Crippen LogP contribution is 2.18. The van der Waals surface area contributed by atoms with Crippen LogP contribution in [0.25, 0.3) is 0 Å². The van der Waals surface area contributed by atoms with Crippen molar-refractivity contribution in [3.8, 4) is 0 Å². The van der Waals surface area contributed by atoms with Gasteiger partial charge in [0.2, 0.25) is 10.0 Å². The second-order valence-corrected chi connectivity index (χ2v) is 7.26. The van der Waals surface area contributed by atoms with Gasteiger partial charge in [-0.1, -0.05) is 0 Å². The van der Waals surface area contributed by atoms with E-state index in [1.165, 1.54) is 12.1 Å². The minimum atomic E-state index is -3.73. The molecule has 1 atom stereocenters. The van der Waals surface area contributed by atoms with Gasteiger partial charge in [0.05, 0.1) is 16.6 Å². The summed E-state index contributed by atoms with van der Waals surface area (Å²) in [5.74, 6) is -1.17. The van der Waals surface area contributed by atoms with E-state index in [-0.39, 0.29) is 17.0 Å². The number of sulfonamides is 1. The maximum atomic E-state index is 12.0. The van der Waals surface area contributed by atoms with Crippen molar-refractivity contribution < 1.29 is 23.4 Å². The van der Waals surface area contributed by atoms with Gasteiger partial charge >= 0.3 is 5.97 Å². The first-order chi connectivity index (χ1) is 9.24. The molecule has 6 nitrogen and oxygen atoms in total. The number of carboxylic acid groups (broad SMARTS) is 1.